The topological polar surface area (TPSA) is 87.5 Å². The van der Waals surface area contributed by atoms with Crippen LogP contribution in [0.3, 0.4) is 0 Å². The number of nitrogens with two attached hydrogens (primary N) is 1. The number of amides is 3. The van der Waals surface area contributed by atoms with Crippen molar-refractivity contribution >= 4 is 24.3 Å². The molecule has 1 saturated heterocycles. The van der Waals surface area contributed by atoms with Gasteiger partial charge in [0.1, 0.15) is 0 Å². The van der Waals surface area contributed by atoms with Crippen LogP contribution in [-0.2, 0) is 4.79 Å². The number of nitrogens with one attached hydrogen (secondary N) is 2. The molecular formula is C17H33ClN4O2. The summed E-state index contributed by atoms with van der Waals surface area (Å²) in [5.41, 5.74) is 6.13. The highest BCUT2D eigenvalue weighted by Gasteiger charge is 2.37. The van der Waals surface area contributed by atoms with E-state index < -0.39 is 0 Å². The zero-order valence-electron chi connectivity index (χ0n) is 15.1. The minimum atomic E-state index is -0.360. The summed E-state index contributed by atoms with van der Waals surface area (Å²) in [5.74, 6) is -0.232. The molecule has 2 rings (SSSR count). The van der Waals surface area contributed by atoms with Gasteiger partial charge >= 0.3 is 6.03 Å². The number of imide groups is 1. The van der Waals surface area contributed by atoms with Crippen LogP contribution in [0.5, 0.6) is 0 Å². The van der Waals surface area contributed by atoms with Gasteiger partial charge in [0.25, 0.3) is 0 Å². The number of likely N-dealkylation sites (tertiary alicyclic amines) is 1. The van der Waals surface area contributed by atoms with Gasteiger partial charge < -0.3 is 11.1 Å². The fraction of sp³-hybridized carbons (Fsp3) is 0.882. The van der Waals surface area contributed by atoms with Crippen molar-refractivity contribution in [3.8, 4) is 0 Å². The van der Waals surface area contributed by atoms with Crippen LogP contribution >= 0.6 is 12.4 Å². The van der Waals surface area contributed by atoms with Crippen molar-refractivity contribution in [1.82, 2.24) is 15.5 Å². The smallest absolute Gasteiger partial charge is 0.321 e. The number of halogens is 1. The van der Waals surface area contributed by atoms with Crippen LogP contribution in [0, 0.1) is 5.41 Å². The molecule has 0 bridgehead atoms. The number of carbonyl (C=O) groups excluding carboxylic acids is 2. The summed E-state index contributed by atoms with van der Waals surface area (Å²) in [4.78, 5) is 26.5. The molecule has 140 valence electrons. The minimum Gasteiger partial charge on any atom is -0.335 e. The van der Waals surface area contributed by atoms with Crippen LogP contribution in [0.4, 0.5) is 4.79 Å². The molecule has 7 heteroatoms. The van der Waals surface area contributed by atoms with Crippen LogP contribution in [0.2, 0.25) is 0 Å². The second-order valence-electron chi connectivity index (χ2n) is 7.83. The van der Waals surface area contributed by atoms with Gasteiger partial charge in [-0.2, -0.15) is 0 Å². The van der Waals surface area contributed by atoms with E-state index in [2.05, 4.69) is 29.4 Å². The third-order valence-electron chi connectivity index (χ3n) is 5.45. The molecule has 6 nitrogen and oxygen atoms in total. The lowest BCUT2D eigenvalue weighted by Gasteiger charge is -2.44. The Bertz CT molecular complexity index is 438. The van der Waals surface area contributed by atoms with Crippen molar-refractivity contribution < 1.29 is 9.59 Å². The van der Waals surface area contributed by atoms with Gasteiger partial charge in [0, 0.05) is 25.2 Å². The number of hydrogen-bond acceptors (Lipinski definition) is 4. The molecule has 1 aliphatic heterocycles. The quantitative estimate of drug-likeness (QED) is 0.718. The number of rotatable bonds is 3. The first-order valence-corrected chi connectivity index (χ1v) is 8.90. The Morgan fingerprint density at radius 3 is 2.38 bits per heavy atom. The Morgan fingerprint density at radius 2 is 1.79 bits per heavy atom. The molecule has 2 atom stereocenters. The van der Waals surface area contributed by atoms with E-state index in [9.17, 15) is 9.59 Å². The molecule has 3 amide bonds. The monoisotopic (exact) mass is 360 g/mol. The van der Waals surface area contributed by atoms with Gasteiger partial charge in [-0.25, -0.2) is 4.79 Å². The number of urea groups is 1. The number of hydrogen-bond donors (Lipinski definition) is 3. The van der Waals surface area contributed by atoms with Crippen molar-refractivity contribution in [3.63, 3.8) is 0 Å². The Hall–Kier alpha value is -0.850. The second-order valence-corrected chi connectivity index (χ2v) is 7.83. The lowest BCUT2D eigenvalue weighted by atomic mass is 9.79. The minimum absolute atomic E-state index is 0. The first kappa shape index (κ1) is 21.2. The Labute approximate surface area is 151 Å². The molecule has 1 aliphatic carbocycles. The number of carbonyl (C=O) groups is 2. The van der Waals surface area contributed by atoms with Gasteiger partial charge in [-0.15, -0.1) is 12.4 Å². The third-order valence-corrected chi connectivity index (χ3v) is 5.45. The Kier molecular flexibility index (Phi) is 7.96. The van der Waals surface area contributed by atoms with Gasteiger partial charge in [0.05, 0.1) is 6.04 Å². The number of nitrogens with zero attached hydrogens (tertiary/aromatic N) is 1. The zero-order valence-corrected chi connectivity index (χ0v) is 16.0. The molecule has 24 heavy (non-hydrogen) atoms. The lowest BCUT2D eigenvalue weighted by Crippen LogP contribution is -2.58. The van der Waals surface area contributed by atoms with Gasteiger partial charge in [-0.3, -0.25) is 15.0 Å². The summed E-state index contributed by atoms with van der Waals surface area (Å²) in [6.07, 6.45) is 6.43. The highest BCUT2D eigenvalue weighted by atomic mass is 35.5. The number of piperidine rings is 1. The van der Waals surface area contributed by atoms with Crippen molar-refractivity contribution in [2.45, 2.75) is 77.4 Å². The van der Waals surface area contributed by atoms with Crippen molar-refractivity contribution in [3.05, 3.63) is 0 Å². The molecule has 1 heterocycles. The van der Waals surface area contributed by atoms with Gasteiger partial charge in [-0.05, 0) is 31.6 Å². The largest absolute Gasteiger partial charge is 0.335 e. The second kappa shape index (κ2) is 9.02. The summed E-state index contributed by atoms with van der Waals surface area (Å²) >= 11 is 0. The van der Waals surface area contributed by atoms with Gasteiger partial charge in [0.2, 0.25) is 5.91 Å². The summed E-state index contributed by atoms with van der Waals surface area (Å²) in [7, 11) is 0. The molecule has 2 aliphatic rings. The maximum Gasteiger partial charge on any atom is 0.321 e. The average molecular weight is 361 g/mol. The van der Waals surface area contributed by atoms with E-state index in [1.807, 2.05) is 6.92 Å². The molecule has 0 aromatic heterocycles. The van der Waals surface area contributed by atoms with E-state index in [0.29, 0.717) is 0 Å². The van der Waals surface area contributed by atoms with Gasteiger partial charge in [-0.1, -0.05) is 33.1 Å². The molecule has 1 saturated carbocycles. The molecule has 2 fully saturated rings. The van der Waals surface area contributed by atoms with E-state index >= 15 is 0 Å². The summed E-state index contributed by atoms with van der Waals surface area (Å²) in [6, 6.07) is -0.317. The molecule has 0 radical (unpaired) electrons. The van der Waals surface area contributed by atoms with E-state index in [0.717, 1.165) is 45.2 Å². The van der Waals surface area contributed by atoms with Crippen molar-refractivity contribution in [1.29, 1.82) is 0 Å². The molecule has 0 spiro atoms. The van der Waals surface area contributed by atoms with Crippen LogP contribution in [0.1, 0.15) is 59.3 Å². The maximum atomic E-state index is 12.3. The standard InChI is InChI=1S/C17H32N4O2.ClH/c1-12(21-10-9-14(18)17(2,3)11-21)15(22)20-16(23)19-13-7-5-4-6-8-13;/h12-14H,4-11,18H2,1-3H3,(H2,19,20,22,23);1H. The van der Waals surface area contributed by atoms with Crippen molar-refractivity contribution in [2.75, 3.05) is 13.1 Å². The third kappa shape index (κ3) is 5.60. The molecule has 2 unspecified atom stereocenters. The van der Waals surface area contributed by atoms with Crippen LogP contribution in [-0.4, -0.2) is 48.1 Å². The summed E-state index contributed by atoms with van der Waals surface area (Å²) in [6.45, 7) is 7.68. The van der Waals surface area contributed by atoms with Crippen LogP contribution < -0.4 is 16.4 Å². The molecule has 0 aromatic carbocycles. The maximum absolute atomic E-state index is 12.3. The average Bonchev–Trinajstić information content (AvgIpc) is 2.50. The van der Waals surface area contributed by atoms with E-state index in [4.69, 9.17) is 5.73 Å². The fourth-order valence-electron chi connectivity index (χ4n) is 3.60. The molecule has 4 N–H and O–H groups in total. The highest BCUT2D eigenvalue weighted by molar-refractivity contribution is 5.96. The molecular weight excluding hydrogens is 328 g/mol. The first-order valence-electron chi connectivity index (χ1n) is 8.90. The predicted molar refractivity (Wildman–Crippen MR) is 98.2 cm³/mol. The lowest BCUT2D eigenvalue weighted by molar-refractivity contribution is -0.126. The normalized spacial score (nSPS) is 26.1. The van der Waals surface area contributed by atoms with E-state index in [1.54, 1.807) is 0 Å². The first-order chi connectivity index (χ1) is 10.8. The SMILES string of the molecule is CC(C(=O)NC(=O)NC1CCCCC1)N1CCC(N)C(C)(C)C1.Cl. The van der Waals surface area contributed by atoms with Crippen LogP contribution in [0.15, 0.2) is 0 Å². The Morgan fingerprint density at radius 1 is 1.17 bits per heavy atom. The summed E-state index contributed by atoms with van der Waals surface area (Å²) in [5, 5.41) is 5.42. The van der Waals surface area contributed by atoms with Crippen LogP contribution in [0.25, 0.3) is 0 Å². The zero-order chi connectivity index (χ0) is 17.0. The Balaban J connectivity index is 0.00000288. The molecule has 0 aromatic rings. The van der Waals surface area contributed by atoms with Crippen molar-refractivity contribution in [2.24, 2.45) is 11.1 Å². The fourth-order valence-corrected chi connectivity index (χ4v) is 3.60. The van der Waals surface area contributed by atoms with Gasteiger partial charge in [0.15, 0.2) is 0 Å². The highest BCUT2D eigenvalue weighted by Crippen LogP contribution is 2.28. The predicted octanol–water partition coefficient (Wildman–Crippen LogP) is 2.01. The summed E-state index contributed by atoms with van der Waals surface area (Å²) < 4.78 is 0. The van der Waals surface area contributed by atoms with E-state index in [-0.39, 0.29) is 47.9 Å². The van der Waals surface area contributed by atoms with E-state index in [1.165, 1.54) is 6.42 Å².